The molecule has 150 valence electrons. The van der Waals surface area contributed by atoms with Gasteiger partial charge >= 0.3 is 31.5 Å². The monoisotopic (exact) mass is 606 g/mol. The second-order valence-electron chi connectivity index (χ2n) is 6.42. The van der Waals surface area contributed by atoms with Crippen LogP contribution in [0.3, 0.4) is 0 Å². The number of alkyl halides is 1. The summed E-state index contributed by atoms with van der Waals surface area (Å²) in [4.78, 5) is 0. The Kier molecular flexibility index (Phi) is 10.3. The van der Waals surface area contributed by atoms with E-state index in [-0.39, 0.29) is 24.8 Å². The third-order valence-electron chi connectivity index (χ3n) is 4.86. The Bertz CT molecular complexity index is 1170. The van der Waals surface area contributed by atoms with Crippen molar-refractivity contribution in [3.8, 4) is 0 Å². The average molecular weight is 610 g/mol. The molecule has 0 nitrogen and oxygen atoms in total. The average Bonchev–Trinajstić information content (AvgIpc) is 3.42. The quantitative estimate of drug-likeness (QED) is 0.221. The molecule has 30 heavy (non-hydrogen) atoms. The van der Waals surface area contributed by atoms with Gasteiger partial charge in [0.15, 0.2) is 0 Å². The second kappa shape index (κ2) is 11.9. The Morgan fingerprint density at radius 3 is 2.00 bits per heavy atom. The fourth-order valence-electron chi connectivity index (χ4n) is 3.62. The van der Waals surface area contributed by atoms with E-state index >= 15 is 0 Å². The second-order valence-corrected chi connectivity index (χ2v) is 8.85. The molecule has 1 heterocycles. The Morgan fingerprint density at radius 1 is 0.833 bits per heavy atom. The molecular weight excluding hydrogens is 594 g/mol. The van der Waals surface area contributed by atoms with Gasteiger partial charge in [0.1, 0.15) is 0 Å². The van der Waals surface area contributed by atoms with Crippen LogP contribution in [0, 0.1) is 5.41 Å². The third kappa shape index (κ3) is 5.12. The normalized spacial score (nSPS) is 15.2. The molecule has 0 spiro atoms. The van der Waals surface area contributed by atoms with Gasteiger partial charge in [-0.2, -0.15) is 17.3 Å². The van der Waals surface area contributed by atoms with E-state index in [0.29, 0.717) is 4.16 Å². The number of allylic oxidation sites excluding steroid dienone is 1. The van der Waals surface area contributed by atoms with Crippen molar-refractivity contribution in [2.24, 2.45) is 0 Å². The van der Waals surface area contributed by atoms with E-state index < -0.39 is 0 Å². The van der Waals surface area contributed by atoms with Crippen LogP contribution in [0.25, 0.3) is 33.2 Å². The fourth-order valence-corrected chi connectivity index (χ4v) is 5.02. The molecule has 6 heteroatoms. The first kappa shape index (κ1) is 25.8. The zero-order valence-corrected chi connectivity index (χ0v) is 22.8. The van der Waals surface area contributed by atoms with Gasteiger partial charge in [0.2, 0.25) is 0 Å². The van der Waals surface area contributed by atoms with Crippen molar-refractivity contribution < 1.29 is 47.5 Å². The molecule has 0 radical (unpaired) electrons. The van der Waals surface area contributed by atoms with Crippen molar-refractivity contribution in [1.29, 1.82) is 0 Å². The minimum Gasteiger partial charge on any atom is -0.126 e. The summed E-state index contributed by atoms with van der Waals surface area (Å²) in [6.07, 6.45) is 2.25. The van der Waals surface area contributed by atoms with Crippen LogP contribution in [-0.4, -0.2) is 4.16 Å². The maximum Gasteiger partial charge on any atom is -0.0771 e. The SMILES string of the molecule is BrC1S[C-]=C2C1=Cc1ccccc12.[Cl-].[Cl-].[S]=[Zr+2].c1ccc2c(c1)[cH-]c1ccccc12. The van der Waals surface area contributed by atoms with Gasteiger partial charge in [0.05, 0.1) is 0 Å². The van der Waals surface area contributed by atoms with Crippen LogP contribution < -0.4 is 24.8 Å². The number of hydrogen-bond donors (Lipinski definition) is 0. The molecule has 0 aromatic heterocycles. The number of fused-ring (bicyclic) bond motifs is 6. The standard InChI is InChI=1S/C13H9.C11H6BrS.2ClH.S.Zr/c1-3-7-12-10(5-1)9-11-6-2-4-8-13(11)12;12-11-9-5-7-3-1-2-4-8(7)10(9)6-13-11;;;;/h1-9H;1-5,11H;2*1H;;/q2*-1;;;;+2/p-2. The van der Waals surface area contributed by atoms with Crippen molar-refractivity contribution in [1.82, 2.24) is 0 Å². The summed E-state index contributed by atoms with van der Waals surface area (Å²) in [7, 11) is 4.17. The summed E-state index contributed by atoms with van der Waals surface area (Å²) in [5.74, 6) is 0. The number of halogens is 3. The first-order valence-electron chi connectivity index (χ1n) is 8.79. The van der Waals surface area contributed by atoms with Crippen LogP contribution in [0.1, 0.15) is 11.1 Å². The van der Waals surface area contributed by atoms with Gasteiger partial charge in [0.25, 0.3) is 0 Å². The molecule has 4 aromatic carbocycles. The van der Waals surface area contributed by atoms with Crippen LogP contribution in [0.2, 0.25) is 0 Å². The maximum absolute atomic E-state index is 4.17. The number of benzene rings is 3. The smallest absolute Gasteiger partial charge is 0.0771 e. The number of rotatable bonds is 0. The van der Waals surface area contributed by atoms with E-state index in [1.54, 1.807) is 11.8 Å². The molecule has 1 unspecified atom stereocenters. The summed E-state index contributed by atoms with van der Waals surface area (Å²) in [6.45, 7) is 0. The molecule has 4 aromatic rings. The van der Waals surface area contributed by atoms with Crippen molar-refractivity contribution in [3.63, 3.8) is 0 Å². The first-order valence-corrected chi connectivity index (χ1v) is 14.0. The molecule has 0 fully saturated rings. The van der Waals surface area contributed by atoms with E-state index in [4.69, 9.17) is 0 Å². The van der Waals surface area contributed by atoms with Crippen LogP contribution in [0.15, 0.2) is 84.4 Å². The Morgan fingerprint density at radius 2 is 1.37 bits per heavy atom. The molecule has 0 amide bonds. The predicted octanol–water partition coefficient (Wildman–Crippen LogP) is 2.06. The predicted molar refractivity (Wildman–Crippen MR) is 126 cm³/mol. The summed E-state index contributed by atoms with van der Waals surface area (Å²) < 4.78 is 0.398. The summed E-state index contributed by atoms with van der Waals surface area (Å²) >= 11 is 6.46. The van der Waals surface area contributed by atoms with Crippen LogP contribution >= 0.6 is 36.5 Å². The topological polar surface area (TPSA) is 0 Å². The Hall–Kier alpha value is -0.477. The minimum absolute atomic E-state index is 0. The Labute approximate surface area is 220 Å². The largest absolute Gasteiger partial charge is 0.126 e. The van der Waals surface area contributed by atoms with Gasteiger partial charge in [-0.3, -0.25) is 0 Å². The number of hydrogen-bond acceptors (Lipinski definition) is 2. The molecule has 6 rings (SSSR count). The maximum atomic E-state index is 4.17. The first-order chi connectivity index (χ1) is 13.8. The summed E-state index contributed by atoms with van der Waals surface area (Å²) in [5.41, 5.74) is 5.30. The van der Waals surface area contributed by atoms with Crippen molar-refractivity contribution in [2.45, 2.75) is 4.16 Å². The van der Waals surface area contributed by atoms with E-state index in [9.17, 15) is 0 Å². The molecule has 0 N–H and O–H groups in total. The van der Waals surface area contributed by atoms with E-state index in [1.807, 2.05) is 0 Å². The zero-order chi connectivity index (χ0) is 19.5. The molecule has 2 aliphatic rings. The molecular formula is C24H15BrCl2S2Zr-2. The number of thioether (sulfide) groups is 1. The zero-order valence-electron chi connectivity index (χ0n) is 15.6. The van der Waals surface area contributed by atoms with Gasteiger partial charge in [0, 0.05) is 4.16 Å². The van der Waals surface area contributed by atoms with Gasteiger partial charge < -0.3 is 24.8 Å². The van der Waals surface area contributed by atoms with E-state index in [2.05, 4.69) is 115 Å². The summed E-state index contributed by atoms with van der Waals surface area (Å²) in [5, 5.41) is 8.73. The van der Waals surface area contributed by atoms with Crippen LogP contribution in [0.5, 0.6) is 0 Å². The molecule has 1 atom stereocenters. The summed E-state index contributed by atoms with van der Waals surface area (Å²) in [6, 6.07) is 27.7. The van der Waals surface area contributed by atoms with Crippen molar-refractivity contribution in [3.05, 3.63) is 101 Å². The van der Waals surface area contributed by atoms with Gasteiger partial charge in [-0.15, -0.1) is 68.4 Å². The van der Waals surface area contributed by atoms with Gasteiger partial charge in [-0.05, 0) is 0 Å². The van der Waals surface area contributed by atoms with E-state index in [0.717, 1.165) is 22.7 Å². The third-order valence-corrected chi connectivity index (χ3v) is 6.70. The molecule has 0 saturated carbocycles. The molecule has 0 saturated heterocycles. The molecule has 1 aliphatic carbocycles. The van der Waals surface area contributed by atoms with Crippen molar-refractivity contribution >= 4 is 69.7 Å². The van der Waals surface area contributed by atoms with Crippen molar-refractivity contribution in [2.75, 3.05) is 0 Å². The molecule has 1 aliphatic heterocycles. The van der Waals surface area contributed by atoms with Gasteiger partial charge in [-0.1, -0.05) is 76.1 Å². The van der Waals surface area contributed by atoms with Crippen LogP contribution in [-0.2, 0) is 22.7 Å². The Balaban J connectivity index is 0.000000186. The van der Waals surface area contributed by atoms with Gasteiger partial charge in [-0.25, -0.2) is 0 Å². The molecule has 0 bridgehead atoms. The minimum atomic E-state index is 0. The van der Waals surface area contributed by atoms with Crippen LogP contribution in [0.4, 0.5) is 0 Å². The fraction of sp³-hybridized carbons (Fsp3) is 0.0417. The van der Waals surface area contributed by atoms with E-state index in [1.165, 1.54) is 43.8 Å².